The zero-order chi connectivity index (χ0) is 37.3. The molecule has 0 radical (unpaired) electrons. The molecule has 12 nitrogen and oxygen atoms in total. The van der Waals surface area contributed by atoms with E-state index < -0.39 is 0 Å². The number of benzene rings is 3. The van der Waals surface area contributed by atoms with Crippen LogP contribution in [0.25, 0.3) is 11.0 Å². The summed E-state index contributed by atoms with van der Waals surface area (Å²) in [5, 5.41) is 2.94. The number of aromatic amines is 1. The Bertz CT molecular complexity index is 2060. The number of rotatable bonds is 14. The molecule has 5 aromatic rings. The Labute approximate surface area is 310 Å². The lowest BCUT2D eigenvalue weighted by molar-refractivity contribution is -0.132. The zero-order valence-corrected chi connectivity index (χ0v) is 30.9. The Kier molecular flexibility index (Phi) is 12.0. The first-order chi connectivity index (χ1) is 25.7. The van der Waals surface area contributed by atoms with Gasteiger partial charge in [-0.05, 0) is 99.0 Å². The Morgan fingerprint density at radius 2 is 1.72 bits per heavy atom. The maximum absolute atomic E-state index is 13.8. The van der Waals surface area contributed by atoms with Crippen molar-refractivity contribution < 1.29 is 23.9 Å². The van der Waals surface area contributed by atoms with Crippen molar-refractivity contribution in [1.82, 2.24) is 24.8 Å². The summed E-state index contributed by atoms with van der Waals surface area (Å²) in [7, 11) is 5.29. The first-order valence-corrected chi connectivity index (χ1v) is 18.0. The van der Waals surface area contributed by atoms with Crippen LogP contribution in [0, 0.1) is 6.92 Å². The largest absolute Gasteiger partial charge is 0.495 e. The SMILES string of the molecule is COc1cc(C(=O)N(C)c2ccc(C)cc2OCCCCCC(=O)N2CCN(C)CC2)ccc1NC(=O)c1cccc2[nH]c(Cc3ccncc3)nc12. The molecule has 12 heteroatoms. The number of carbonyl (C=O) groups is 3. The molecule has 0 unspecified atom stereocenters. The van der Waals surface area contributed by atoms with Crippen LogP contribution in [0.5, 0.6) is 11.5 Å². The van der Waals surface area contributed by atoms with Crippen LogP contribution < -0.4 is 19.7 Å². The number of piperazine rings is 1. The predicted molar refractivity (Wildman–Crippen MR) is 206 cm³/mol. The third kappa shape index (κ3) is 9.19. The van der Waals surface area contributed by atoms with Crippen LogP contribution in [0.15, 0.2) is 79.1 Å². The van der Waals surface area contributed by atoms with Gasteiger partial charge in [0, 0.05) is 64.0 Å². The van der Waals surface area contributed by atoms with Crippen molar-refractivity contribution in [2.45, 2.75) is 39.0 Å². The molecule has 1 aliphatic heterocycles. The second-order valence-electron chi connectivity index (χ2n) is 13.5. The lowest BCUT2D eigenvalue weighted by Gasteiger charge is -2.32. The van der Waals surface area contributed by atoms with Crippen molar-refractivity contribution in [1.29, 1.82) is 0 Å². The number of unbranched alkanes of at least 4 members (excludes halogenated alkanes) is 2. The number of anilines is 2. The number of amides is 3. The number of ether oxygens (including phenoxy) is 2. The van der Waals surface area contributed by atoms with E-state index in [0.717, 1.165) is 67.9 Å². The van der Waals surface area contributed by atoms with E-state index >= 15 is 0 Å². The minimum Gasteiger partial charge on any atom is -0.495 e. The average Bonchev–Trinajstić information content (AvgIpc) is 3.59. The monoisotopic (exact) mass is 717 g/mol. The summed E-state index contributed by atoms with van der Waals surface area (Å²) in [6, 6.07) is 20.0. The van der Waals surface area contributed by atoms with Gasteiger partial charge in [0.05, 0.1) is 36.2 Å². The van der Waals surface area contributed by atoms with Gasteiger partial charge >= 0.3 is 0 Å². The Morgan fingerprint density at radius 3 is 2.49 bits per heavy atom. The number of pyridine rings is 1. The van der Waals surface area contributed by atoms with E-state index in [0.29, 0.717) is 59.0 Å². The Balaban J connectivity index is 1.07. The number of nitrogens with one attached hydrogen (secondary N) is 2. The number of methoxy groups -OCH3 is 1. The summed E-state index contributed by atoms with van der Waals surface area (Å²) >= 11 is 0. The quantitative estimate of drug-likeness (QED) is 0.132. The lowest BCUT2D eigenvalue weighted by Crippen LogP contribution is -2.47. The van der Waals surface area contributed by atoms with Crippen molar-refractivity contribution in [3.63, 3.8) is 0 Å². The van der Waals surface area contributed by atoms with Crippen LogP contribution in [-0.4, -0.2) is 96.5 Å². The van der Waals surface area contributed by atoms with Crippen LogP contribution in [0.3, 0.4) is 0 Å². The van der Waals surface area contributed by atoms with Gasteiger partial charge in [0.2, 0.25) is 5.91 Å². The normalized spacial score (nSPS) is 13.2. The Hall–Kier alpha value is -5.75. The van der Waals surface area contributed by atoms with Gasteiger partial charge < -0.3 is 34.5 Å². The molecule has 1 aliphatic rings. The third-order valence-electron chi connectivity index (χ3n) is 9.55. The molecule has 3 heterocycles. The summed E-state index contributed by atoms with van der Waals surface area (Å²) in [5.41, 5.74) is 5.24. The number of imidazole rings is 1. The van der Waals surface area contributed by atoms with Gasteiger partial charge in [-0.3, -0.25) is 19.4 Å². The summed E-state index contributed by atoms with van der Waals surface area (Å²) < 4.78 is 11.8. The maximum atomic E-state index is 13.8. The van der Waals surface area contributed by atoms with Crippen molar-refractivity contribution in [2.75, 3.05) is 64.2 Å². The first kappa shape index (κ1) is 37.0. The highest BCUT2D eigenvalue weighted by Crippen LogP contribution is 2.32. The second-order valence-corrected chi connectivity index (χ2v) is 13.5. The molecule has 2 N–H and O–H groups in total. The summed E-state index contributed by atoms with van der Waals surface area (Å²) in [4.78, 5) is 57.8. The topological polar surface area (TPSA) is 133 Å². The van der Waals surface area contributed by atoms with Crippen LogP contribution >= 0.6 is 0 Å². The van der Waals surface area contributed by atoms with Gasteiger partial charge in [-0.15, -0.1) is 0 Å². The summed E-state index contributed by atoms with van der Waals surface area (Å²) in [5.74, 6) is 1.31. The first-order valence-electron chi connectivity index (χ1n) is 18.0. The van der Waals surface area contributed by atoms with Gasteiger partial charge in [-0.25, -0.2) is 4.98 Å². The number of aromatic nitrogens is 3. The number of aryl methyl sites for hydroxylation is 1. The molecule has 3 aromatic carbocycles. The lowest BCUT2D eigenvalue weighted by atomic mass is 10.1. The van der Waals surface area contributed by atoms with E-state index in [4.69, 9.17) is 14.5 Å². The van der Waals surface area contributed by atoms with Gasteiger partial charge in [0.15, 0.2) is 0 Å². The fraction of sp³-hybridized carbons (Fsp3) is 0.341. The molecule has 0 bridgehead atoms. The third-order valence-corrected chi connectivity index (χ3v) is 9.55. The average molecular weight is 718 g/mol. The number of likely N-dealkylation sites (N-methyl/N-ethyl adjacent to an activating group) is 1. The van der Waals surface area contributed by atoms with Gasteiger partial charge in [0.25, 0.3) is 11.8 Å². The predicted octanol–water partition coefficient (Wildman–Crippen LogP) is 6.11. The standard InChI is InChI=1S/C41H47N7O5/c1-28-12-15-34(36(25-28)53-24-7-5-6-11-38(49)48-22-20-46(2)21-23-48)47(3)41(51)30-13-14-32(35(27-30)52-4)44-40(50)31-9-8-10-33-39(31)45-37(43-33)26-29-16-18-42-19-17-29/h8-10,12-19,25,27H,5-7,11,20-24,26H2,1-4H3,(H,43,45)(H,44,50). The molecule has 0 atom stereocenters. The zero-order valence-electron chi connectivity index (χ0n) is 30.9. The summed E-state index contributed by atoms with van der Waals surface area (Å²) in [6.45, 7) is 5.90. The number of fused-ring (bicyclic) bond motifs is 1. The summed E-state index contributed by atoms with van der Waals surface area (Å²) in [6.07, 6.45) is 7.10. The van der Waals surface area contributed by atoms with Gasteiger partial charge in [-0.2, -0.15) is 0 Å². The number of nitrogens with zero attached hydrogens (tertiary/aromatic N) is 5. The van der Waals surface area contributed by atoms with E-state index in [1.165, 1.54) is 7.11 Å². The highest BCUT2D eigenvalue weighted by Gasteiger charge is 2.22. The number of hydrogen-bond acceptors (Lipinski definition) is 8. The van der Waals surface area contributed by atoms with Gasteiger partial charge in [-0.1, -0.05) is 12.1 Å². The number of para-hydroxylation sites is 1. The fourth-order valence-corrected chi connectivity index (χ4v) is 6.43. The molecular formula is C41H47N7O5. The van der Waals surface area contributed by atoms with Crippen molar-refractivity contribution in [3.8, 4) is 11.5 Å². The second kappa shape index (κ2) is 17.2. The Morgan fingerprint density at radius 1 is 0.925 bits per heavy atom. The highest BCUT2D eigenvalue weighted by molar-refractivity contribution is 6.12. The van der Waals surface area contributed by atoms with E-state index in [1.807, 2.05) is 54.3 Å². The molecule has 6 rings (SSSR count). The molecule has 1 saturated heterocycles. The van der Waals surface area contributed by atoms with Crippen molar-refractivity contribution >= 4 is 40.1 Å². The molecule has 0 saturated carbocycles. The van der Waals surface area contributed by atoms with E-state index in [-0.39, 0.29) is 17.7 Å². The van der Waals surface area contributed by atoms with Crippen LogP contribution in [0.2, 0.25) is 0 Å². The molecule has 53 heavy (non-hydrogen) atoms. The molecule has 0 spiro atoms. The van der Waals surface area contributed by atoms with E-state index in [9.17, 15) is 14.4 Å². The molecule has 2 aromatic heterocycles. The molecule has 3 amide bonds. The smallest absolute Gasteiger partial charge is 0.258 e. The van der Waals surface area contributed by atoms with E-state index in [1.54, 1.807) is 48.6 Å². The van der Waals surface area contributed by atoms with Gasteiger partial charge in [0.1, 0.15) is 22.8 Å². The van der Waals surface area contributed by atoms with Crippen LogP contribution in [-0.2, 0) is 11.2 Å². The molecule has 276 valence electrons. The molecular weight excluding hydrogens is 670 g/mol. The van der Waals surface area contributed by atoms with E-state index in [2.05, 4.69) is 27.2 Å². The number of hydrogen-bond donors (Lipinski definition) is 2. The van der Waals surface area contributed by atoms with Crippen molar-refractivity contribution in [3.05, 3.63) is 107 Å². The number of carbonyl (C=O) groups excluding carboxylic acids is 3. The molecule has 0 aliphatic carbocycles. The fourth-order valence-electron chi connectivity index (χ4n) is 6.43. The maximum Gasteiger partial charge on any atom is 0.258 e. The minimum atomic E-state index is -0.352. The number of H-pyrrole nitrogens is 1. The van der Waals surface area contributed by atoms with Crippen LogP contribution in [0.1, 0.15) is 63.4 Å². The van der Waals surface area contributed by atoms with Crippen LogP contribution in [0.4, 0.5) is 11.4 Å². The molecule has 1 fully saturated rings. The highest BCUT2D eigenvalue weighted by atomic mass is 16.5. The van der Waals surface area contributed by atoms with Crippen molar-refractivity contribution in [2.24, 2.45) is 0 Å². The minimum absolute atomic E-state index is 0.227.